The standard InChI is InChI=1S/C17H25BrN2O3/c1-16(2,3)23-15(21)20-11-5-4-8-17(22,9-12-20)13-7-6-10-19-14(13)18/h6-7,10,22H,4-5,8-9,11-12H2,1-3H3. The van der Waals surface area contributed by atoms with Crippen molar-refractivity contribution < 1.29 is 14.6 Å². The zero-order chi connectivity index (χ0) is 17.1. The number of amides is 1. The summed E-state index contributed by atoms with van der Waals surface area (Å²) in [6, 6.07) is 3.71. The molecule has 0 saturated carbocycles. The Hall–Kier alpha value is -1.14. The molecule has 5 nitrogen and oxygen atoms in total. The molecule has 1 aliphatic heterocycles. The zero-order valence-electron chi connectivity index (χ0n) is 14.0. The number of carbonyl (C=O) groups excluding carboxylic acids is 1. The second-order valence-electron chi connectivity index (χ2n) is 7.05. The van der Waals surface area contributed by atoms with Gasteiger partial charge in [0.15, 0.2) is 0 Å². The average molecular weight is 385 g/mol. The van der Waals surface area contributed by atoms with Crippen LogP contribution in [0, 0.1) is 0 Å². The Kier molecular flexibility index (Phi) is 5.68. The number of likely N-dealkylation sites (tertiary alicyclic amines) is 1. The molecule has 1 unspecified atom stereocenters. The van der Waals surface area contributed by atoms with E-state index in [0.717, 1.165) is 18.4 Å². The lowest BCUT2D eigenvalue weighted by atomic mass is 9.85. The molecular formula is C17H25BrN2O3. The fourth-order valence-electron chi connectivity index (χ4n) is 2.79. The number of ether oxygens (including phenoxy) is 1. The number of carbonyl (C=O) groups is 1. The summed E-state index contributed by atoms with van der Waals surface area (Å²) in [6.45, 7) is 6.71. The first-order valence-corrected chi connectivity index (χ1v) is 8.82. The van der Waals surface area contributed by atoms with Crippen molar-refractivity contribution in [2.45, 2.75) is 57.7 Å². The summed E-state index contributed by atoms with van der Waals surface area (Å²) in [4.78, 5) is 18.2. The van der Waals surface area contributed by atoms with Crippen molar-refractivity contribution >= 4 is 22.0 Å². The average Bonchev–Trinajstić information content (AvgIpc) is 2.42. The van der Waals surface area contributed by atoms with Crippen molar-refractivity contribution in [3.63, 3.8) is 0 Å². The minimum atomic E-state index is -0.978. The summed E-state index contributed by atoms with van der Waals surface area (Å²) in [7, 11) is 0. The quantitative estimate of drug-likeness (QED) is 0.746. The van der Waals surface area contributed by atoms with Gasteiger partial charge in [0.1, 0.15) is 10.2 Å². The first-order valence-electron chi connectivity index (χ1n) is 8.03. The van der Waals surface area contributed by atoms with E-state index in [1.165, 1.54) is 0 Å². The van der Waals surface area contributed by atoms with Crippen LogP contribution in [-0.4, -0.2) is 39.8 Å². The number of hydrogen-bond donors (Lipinski definition) is 1. The molecule has 0 radical (unpaired) electrons. The topological polar surface area (TPSA) is 62.7 Å². The largest absolute Gasteiger partial charge is 0.444 e. The summed E-state index contributed by atoms with van der Waals surface area (Å²) >= 11 is 3.42. The number of pyridine rings is 1. The molecule has 2 heterocycles. The Morgan fingerprint density at radius 3 is 2.74 bits per heavy atom. The van der Waals surface area contributed by atoms with Gasteiger partial charge in [-0.05, 0) is 68.5 Å². The fourth-order valence-corrected chi connectivity index (χ4v) is 3.41. The number of aromatic nitrogens is 1. The molecule has 1 aliphatic rings. The highest BCUT2D eigenvalue weighted by atomic mass is 79.9. The van der Waals surface area contributed by atoms with E-state index in [1.807, 2.05) is 32.9 Å². The molecule has 0 spiro atoms. The van der Waals surface area contributed by atoms with Crippen LogP contribution in [0.3, 0.4) is 0 Å². The third-order valence-corrected chi connectivity index (χ3v) is 4.61. The van der Waals surface area contributed by atoms with Crippen molar-refractivity contribution in [3.8, 4) is 0 Å². The van der Waals surface area contributed by atoms with Crippen LogP contribution in [0.4, 0.5) is 4.79 Å². The van der Waals surface area contributed by atoms with E-state index in [2.05, 4.69) is 20.9 Å². The molecule has 0 aliphatic carbocycles. The lowest BCUT2D eigenvalue weighted by Gasteiger charge is -2.35. The van der Waals surface area contributed by atoms with E-state index >= 15 is 0 Å². The Balaban J connectivity index is 2.12. The molecule has 23 heavy (non-hydrogen) atoms. The number of hydrogen-bond acceptors (Lipinski definition) is 4. The van der Waals surface area contributed by atoms with E-state index in [4.69, 9.17) is 4.74 Å². The van der Waals surface area contributed by atoms with Gasteiger partial charge in [-0.15, -0.1) is 0 Å². The van der Waals surface area contributed by atoms with E-state index in [-0.39, 0.29) is 6.09 Å². The fraction of sp³-hybridized carbons (Fsp3) is 0.647. The third-order valence-electron chi connectivity index (χ3n) is 3.98. The van der Waals surface area contributed by atoms with Crippen LogP contribution in [0.5, 0.6) is 0 Å². The molecule has 2 rings (SSSR count). The van der Waals surface area contributed by atoms with Gasteiger partial charge in [0.2, 0.25) is 0 Å². The predicted molar refractivity (Wildman–Crippen MR) is 92.1 cm³/mol. The Bertz CT molecular complexity index is 559. The van der Waals surface area contributed by atoms with Gasteiger partial charge in [-0.1, -0.05) is 6.07 Å². The first kappa shape index (κ1) is 18.2. The number of rotatable bonds is 1. The highest BCUT2D eigenvalue weighted by Gasteiger charge is 2.34. The summed E-state index contributed by atoms with van der Waals surface area (Å²) in [6.07, 6.45) is 4.20. The Morgan fingerprint density at radius 1 is 1.35 bits per heavy atom. The molecule has 1 aromatic rings. The van der Waals surface area contributed by atoms with Gasteiger partial charge in [0.25, 0.3) is 0 Å². The lowest BCUT2D eigenvalue weighted by molar-refractivity contribution is -0.0132. The molecule has 0 bridgehead atoms. The van der Waals surface area contributed by atoms with E-state index < -0.39 is 11.2 Å². The lowest BCUT2D eigenvalue weighted by Crippen LogP contribution is -2.42. The van der Waals surface area contributed by atoms with Crippen molar-refractivity contribution in [2.24, 2.45) is 0 Å². The SMILES string of the molecule is CC(C)(C)OC(=O)N1CCCCC(O)(c2cccnc2Br)CC1. The Morgan fingerprint density at radius 2 is 2.09 bits per heavy atom. The molecule has 1 N–H and O–H groups in total. The first-order chi connectivity index (χ1) is 10.7. The number of halogens is 1. The van der Waals surface area contributed by atoms with Crippen LogP contribution in [0.15, 0.2) is 22.9 Å². The van der Waals surface area contributed by atoms with E-state index in [1.54, 1.807) is 11.1 Å². The molecule has 128 valence electrons. The normalized spacial score (nSPS) is 23.1. The minimum absolute atomic E-state index is 0.313. The zero-order valence-corrected chi connectivity index (χ0v) is 15.6. The molecule has 1 aromatic heterocycles. The van der Waals surface area contributed by atoms with Crippen molar-refractivity contribution in [2.75, 3.05) is 13.1 Å². The van der Waals surface area contributed by atoms with Crippen LogP contribution in [0.1, 0.15) is 52.0 Å². The van der Waals surface area contributed by atoms with Crippen LogP contribution in [-0.2, 0) is 10.3 Å². The summed E-state index contributed by atoms with van der Waals surface area (Å²) in [5.74, 6) is 0. The molecule has 6 heteroatoms. The van der Waals surface area contributed by atoms with Gasteiger partial charge < -0.3 is 14.7 Å². The number of nitrogens with zero attached hydrogens (tertiary/aromatic N) is 2. The van der Waals surface area contributed by atoms with Crippen molar-refractivity contribution in [1.82, 2.24) is 9.88 Å². The second-order valence-corrected chi connectivity index (χ2v) is 7.80. The highest BCUT2D eigenvalue weighted by Crippen LogP contribution is 2.36. The van der Waals surface area contributed by atoms with Crippen molar-refractivity contribution in [3.05, 3.63) is 28.5 Å². The van der Waals surface area contributed by atoms with Gasteiger partial charge >= 0.3 is 6.09 Å². The summed E-state index contributed by atoms with van der Waals surface area (Å²) < 4.78 is 6.11. The molecule has 0 aromatic carbocycles. The second kappa shape index (κ2) is 7.18. The van der Waals surface area contributed by atoms with Gasteiger partial charge in [0.05, 0.1) is 5.60 Å². The third kappa shape index (κ3) is 4.91. The number of aliphatic hydroxyl groups is 1. The van der Waals surface area contributed by atoms with Gasteiger partial charge in [-0.2, -0.15) is 0 Å². The summed E-state index contributed by atoms with van der Waals surface area (Å²) in [5.41, 5.74) is -0.707. The molecule has 1 atom stereocenters. The van der Waals surface area contributed by atoms with Crippen LogP contribution < -0.4 is 0 Å². The van der Waals surface area contributed by atoms with Crippen LogP contribution in [0.25, 0.3) is 0 Å². The maximum atomic E-state index is 12.3. The summed E-state index contributed by atoms with van der Waals surface area (Å²) in [5, 5.41) is 11.1. The maximum absolute atomic E-state index is 12.3. The van der Waals surface area contributed by atoms with Gasteiger partial charge in [-0.3, -0.25) is 0 Å². The van der Waals surface area contributed by atoms with Crippen molar-refractivity contribution in [1.29, 1.82) is 0 Å². The molecule has 1 fully saturated rings. The molecule has 1 amide bonds. The van der Waals surface area contributed by atoms with Crippen LogP contribution in [0.2, 0.25) is 0 Å². The van der Waals surface area contributed by atoms with Gasteiger partial charge in [0, 0.05) is 24.8 Å². The predicted octanol–water partition coefficient (Wildman–Crippen LogP) is 3.84. The smallest absolute Gasteiger partial charge is 0.410 e. The van der Waals surface area contributed by atoms with E-state index in [9.17, 15) is 9.90 Å². The monoisotopic (exact) mass is 384 g/mol. The van der Waals surface area contributed by atoms with Crippen LogP contribution >= 0.6 is 15.9 Å². The Labute approximate surface area is 146 Å². The maximum Gasteiger partial charge on any atom is 0.410 e. The van der Waals surface area contributed by atoms with E-state index in [0.29, 0.717) is 30.5 Å². The minimum Gasteiger partial charge on any atom is -0.444 e. The molecule has 1 saturated heterocycles. The van der Waals surface area contributed by atoms with Gasteiger partial charge in [-0.25, -0.2) is 9.78 Å². The molecular weight excluding hydrogens is 360 g/mol. The highest BCUT2D eigenvalue weighted by molar-refractivity contribution is 9.10.